The smallest absolute Gasteiger partial charge is 0.481 e. The van der Waals surface area contributed by atoms with E-state index in [0.717, 1.165) is 6.42 Å². The van der Waals surface area contributed by atoms with E-state index in [1.807, 2.05) is 6.92 Å². The van der Waals surface area contributed by atoms with Gasteiger partial charge in [0.1, 0.15) is 17.2 Å². The Balaban J connectivity index is 2.26. The van der Waals surface area contributed by atoms with Crippen molar-refractivity contribution < 1.29 is 58.9 Å². The number of rotatable bonds is 25. The SMILES string of the molecule is CCCCOc1cccc(C(O)CN)c1B(O)OB(OB(O)c1c(OCCCO)cccc1C(O)CN)c1c(OCCCO)cccc1C(O)CN. The molecular formula is C34H52B3N3O12. The van der Waals surface area contributed by atoms with E-state index in [9.17, 15) is 35.6 Å². The van der Waals surface area contributed by atoms with Gasteiger partial charge in [0, 0.05) is 62.1 Å². The minimum absolute atomic E-state index is 0.0105. The average molecular weight is 727 g/mol. The van der Waals surface area contributed by atoms with Crippen molar-refractivity contribution >= 4 is 37.7 Å². The summed E-state index contributed by atoms with van der Waals surface area (Å²) in [6, 6.07) is 14.2. The summed E-state index contributed by atoms with van der Waals surface area (Å²) >= 11 is 0. The normalized spacial score (nSPS) is 13.0. The summed E-state index contributed by atoms with van der Waals surface area (Å²) in [6.45, 7) is 1.42. The lowest BCUT2D eigenvalue weighted by atomic mass is 9.63. The van der Waals surface area contributed by atoms with Crippen molar-refractivity contribution in [3.05, 3.63) is 71.3 Å². The molecule has 0 saturated heterocycles. The van der Waals surface area contributed by atoms with Gasteiger partial charge in [-0.1, -0.05) is 49.7 Å². The first kappa shape index (κ1) is 43.2. The van der Waals surface area contributed by atoms with Crippen LogP contribution in [0, 0.1) is 0 Å². The molecule has 3 aromatic carbocycles. The molecule has 284 valence electrons. The van der Waals surface area contributed by atoms with Gasteiger partial charge in [0.15, 0.2) is 0 Å². The first-order chi connectivity index (χ1) is 25.2. The van der Waals surface area contributed by atoms with E-state index in [0.29, 0.717) is 13.0 Å². The number of aliphatic hydroxyl groups is 5. The molecule has 3 atom stereocenters. The van der Waals surface area contributed by atoms with Crippen molar-refractivity contribution in [2.75, 3.05) is 52.7 Å². The van der Waals surface area contributed by atoms with Crippen LogP contribution in [0.15, 0.2) is 54.6 Å². The Morgan fingerprint density at radius 2 is 0.904 bits per heavy atom. The number of hydrogen-bond donors (Lipinski definition) is 10. The summed E-state index contributed by atoms with van der Waals surface area (Å²) in [4.78, 5) is 0. The average Bonchev–Trinajstić information content (AvgIpc) is 3.16. The van der Waals surface area contributed by atoms with Gasteiger partial charge in [0.25, 0.3) is 0 Å². The molecule has 0 aliphatic rings. The molecule has 0 spiro atoms. The number of aliphatic hydroxyl groups excluding tert-OH is 5. The minimum Gasteiger partial charge on any atom is -0.494 e. The van der Waals surface area contributed by atoms with Crippen LogP contribution in [0.25, 0.3) is 0 Å². The molecule has 0 aliphatic heterocycles. The summed E-state index contributed by atoms with van der Waals surface area (Å²) in [5.74, 6) is 0.436. The van der Waals surface area contributed by atoms with Crippen LogP contribution in [0.2, 0.25) is 0 Å². The second-order valence-corrected chi connectivity index (χ2v) is 11.9. The van der Waals surface area contributed by atoms with Crippen LogP contribution >= 0.6 is 0 Å². The van der Waals surface area contributed by atoms with Gasteiger partial charge in [-0.3, -0.25) is 0 Å². The molecule has 0 aromatic heterocycles. The second-order valence-electron chi connectivity index (χ2n) is 11.9. The van der Waals surface area contributed by atoms with Gasteiger partial charge in [0.05, 0.1) is 38.1 Å². The van der Waals surface area contributed by atoms with Crippen molar-refractivity contribution in [2.24, 2.45) is 17.2 Å². The molecule has 0 bridgehead atoms. The first-order valence-electron chi connectivity index (χ1n) is 17.5. The van der Waals surface area contributed by atoms with Crippen LogP contribution in [0.1, 0.15) is 67.6 Å². The van der Waals surface area contributed by atoms with Crippen molar-refractivity contribution in [1.82, 2.24) is 0 Å². The predicted octanol–water partition coefficient (Wildman–Crippen LogP) is -2.13. The maximum absolute atomic E-state index is 11.9. The van der Waals surface area contributed by atoms with E-state index in [1.165, 1.54) is 12.1 Å². The Bertz CT molecular complexity index is 1420. The second kappa shape index (κ2) is 22.8. The zero-order valence-corrected chi connectivity index (χ0v) is 29.5. The van der Waals surface area contributed by atoms with E-state index < -0.39 is 39.7 Å². The molecule has 0 fully saturated rings. The molecule has 0 heterocycles. The Kier molecular flexibility index (Phi) is 18.9. The van der Waals surface area contributed by atoms with Crippen molar-refractivity contribution in [3.63, 3.8) is 0 Å². The molecular weight excluding hydrogens is 675 g/mol. The van der Waals surface area contributed by atoms with E-state index in [2.05, 4.69) is 0 Å². The Labute approximate surface area is 305 Å². The third kappa shape index (κ3) is 11.6. The molecule has 0 amide bonds. The van der Waals surface area contributed by atoms with Crippen LogP contribution in [-0.4, -0.2) is 110 Å². The molecule has 52 heavy (non-hydrogen) atoms. The van der Waals surface area contributed by atoms with Crippen molar-refractivity contribution in [1.29, 1.82) is 0 Å². The molecule has 3 rings (SSSR count). The highest BCUT2D eigenvalue weighted by molar-refractivity contribution is 6.80. The van der Waals surface area contributed by atoms with Crippen LogP contribution in [-0.2, 0) is 9.14 Å². The summed E-state index contributed by atoms with van der Waals surface area (Å²) in [5, 5.41) is 75.3. The van der Waals surface area contributed by atoms with Gasteiger partial charge in [-0.2, -0.15) is 0 Å². The third-order valence-electron chi connectivity index (χ3n) is 8.16. The van der Waals surface area contributed by atoms with Crippen LogP contribution in [0.5, 0.6) is 17.2 Å². The minimum atomic E-state index is -1.93. The van der Waals surface area contributed by atoms with E-state index in [4.69, 9.17) is 40.6 Å². The van der Waals surface area contributed by atoms with Gasteiger partial charge < -0.3 is 76.1 Å². The van der Waals surface area contributed by atoms with Gasteiger partial charge in [-0.15, -0.1) is 0 Å². The third-order valence-corrected chi connectivity index (χ3v) is 8.16. The lowest BCUT2D eigenvalue weighted by molar-refractivity contribution is 0.186. The van der Waals surface area contributed by atoms with Gasteiger partial charge >= 0.3 is 21.4 Å². The number of nitrogens with two attached hydrogens (primary N) is 3. The van der Waals surface area contributed by atoms with E-state index in [1.54, 1.807) is 42.5 Å². The Hall–Kier alpha value is -3.23. The number of benzene rings is 3. The number of hydrogen-bond acceptors (Lipinski definition) is 15. The number of unbranched alkanes of at least 4 members (excludes halogenated alkanes) is 1. The van der Waals surface area contributed by atoms with Gasteiger partial charge in [-0.05, 0) is 41.3 Å². The highest BCUT2D eigenvalue weighted by Crippen LogP contribution is 2.24. The molecule has 0 aliphatic carbocycles. The van der Waals surface area contributed by atoms with Crippen LogP contribution in [0.4, 0.5) is 0 Å². The highest BCUT2D eigenvalue weighted by Gasteiger charge is 2.41. The van der Waals surface area contributed by atoms with Gasteiger partial charge in [0.2, 0.25) is 0 Å². The number of ether oxygens (including phenoxy) is 3. The fraction of sp³-hybridized carbons (Fsp3) is 0.471. The molecule has 3 unspecified atom stereocenters. The van der Waals surface area contributed by atoms with Crippen molar-refractivity contribution in [3.8, 4) is 17.2 Å². The lowest BCUT2D eigenvalue weighted by Crippen LogP contribution is -2.54. The quantitative estimate of drug-likeness (QED) is 0.0330. The molecule has 0 saturated carbocycles. The molecule has 15 nitrogen and oxygen atoms in total. The first-order valence-corrected chi connectivity index (χ1v) is 17.5. The molecule has 18 heteroatoms. The van der Waals surface area contributed by atoms with Crippen LogP contribution in [0.3, 0.4) is 0 Å². The van der Waals surface area contributed by atoms with Crippen LogP contribution < -0.4 is 47.8 Å². The fourth-order valence-corrected chi connectivity index (χ4v) is 5.45. The Morgan fingerprint density at radius 1 is 0.558 bits per heavy atom. The monoisotopic (exact) mass is 727 g/mol. The molecule has 13 N–H and O–H groups in total. The highest BCUT2D eigenvalue weighted by atomic mass is 16.6. The maximum atomic E-state index is 11.9. The molecule has 0 radical (unpaired) electrons. The predicted molar refractivity (Wildman–Crippen MR) is 199 cm³/mol. The summed E-state index contributed by atoms with van der Waals surface area (Å²) < 4.78 is 30.3. The van der Waals surface area contributed by atoms with Crippen molar-refractivity contribution in [2.45, 2.75) is 50.9 Å². The summed E-state index contributed by atoms with van der Waals surface area (Å²) in [6.07, 6.45) is -1.71. The zero-order chi connectivity index (χ0) is 38.0. The molecule has 3 aromatic rings. The summed E-state index contributed by atoms with van der Waals surface area (Å²) in [5.41, 5.74) is 18.2. The lowest BCUT2D eigenvalue weighted by Gasteiger charge is -2.28. The Morgan fingerprint density at radius 3 is 1.25 bits per heavy atom. The van der Waals surface area contributed by atoms with E-state index in [-0.39, 0.29) is 109 Å². The summed E-state index contributed by atoms with van der Waals surface area (Å²) in [7, 11) is -5.59. The topological polar surface area (TPSA) is 266 Å². The van der Waals surface area contributed by atoms with Gasteiger partial charge in [-0.25, -0.2) is 0 Å². The van der Waals surface area contributed by atoms with E-state index >= 15 is 0 Å². The maximum Gasteiger partial charge on any atom is 0.481 e. The fourth-order valence-electron chi connectivity index (χ4n) is 5.45. The largest absolute Gasteiger partial charge is 0.494 e. The zero-order valence-electron chi connectivity index (χ0n) is 29.5. The standard InChI is InChI=1S/C34H52B3N3O12/c1-2-3-17-48-29-12-4-9-23(26(43)20-38)32(29)35(46)51-37(34-25(28(45)22-40)11-6-14-31(34)50-19-8-16-42)52-36(47)33-24(27(44)21-39)10-5-13-30(33)49-18-7-15-41/h4-6,9-14,26-28,41-47H,2-3,7-8,15-22,38-40H2,1H3.